The lowest BCUT2D eigenvalue weighted by molar-refractivity contribution is 0.573. The zero-order valence-electron chi connectivity index (χ0n) is 9.55. The average molecular weight is 253 g/mol. The number of benzene rings is 1. The quantitative estimate of drug-likeness (QED) is 0.798. The van der Waals surface area contributed by atoms with E-state index in [1.807, 2.05) is 25.1 Å². The van der Waals surface area contributed by atoms with Crippen molar-refractivity contribution < 1.29 is 8.42 Å². The minimum atomic E-state index is -3.42. The first-order valence-corrected chi connectivity index (χ1v) is 6.88. The molecule has 0 bridgehead atoms. The fourth-order valence-corrected chi connectivity index (χ4v) is 1.78. The zero-order valence-corrected chi connectivity index (χ0v) is 10.4. The van der Waals surface area contributed by atoms with E-state index in [-0.39, 0.29) is 11.8 Å². The fourth-order valence-electron chi connectivity index (χ4n) is 1.38. The summed E-state index contributed by atoms with van der Waals surface area (Å²) in [5.74, 6) is -0.0897. The van der Waals surface area contributed by atoms with E-state index in [9.17, 15) is 8.42 Å². The molecule has 0 aliphatic heterocycles. The van der Waals surface area contributed by atoms with Crippen molar-refractivity contribution in [2.45, 2.75) is 13.0 Å². The van der Waals surface area contributed by atoms with Crippen molar-refractivity contribution in [3.05, 3.63) is 35.4 Å². The Morgan fingerprint density at radius 3 is 2.47 bits per heavy atom. The van der Waals surface area contributed by atoms with Gasteiger partial charge >= 0.3 is 0 Å². The summed E-state index contributed by atoms with van der Waals surface area (Å²) in [6.45, 7) is 2.23. The number of nitrogens with two attached hydrogens (primary N) is 1. The minimum absolute atomic E-state index is 0.0180. The highest BCUT2D eigenvalue weighted by Crippen LogP contribution is 2.12. The predicted octanol–water partition coefficient (Wildman–Crippen LogP) is 0.497. The molecule has 0 fully saturated rings. The van der Waals surface area contributed by atoms with Gasteiger partial charge in [0.2, 0.25) is 10.0 Å². The molecule has 0 heterocycles. The Kier molecular flexibility index (Phi) is 4.63. The Balaban J connectivity index is 2.52. The third-order valence-corrected chi connectivity index (χ3v) is 3.15. The Morgan fingerprint density at radius 2 is 2.00 bits per heavy atom. The van der Waals surface area contributed by atoms with Gasteiger partial charge in [-0.15, -0.1) is 0 Å². The van der Waals surface area contributed by atoms with Gasteiger partial charge in [0.25, 0.3) is 0 Å². The van der Waals surface area contributed by atoms with E-state index < -0.39 is 10.0 Å². The van der Waals surface area contributed by atoms with Crippen molar-refractivity contribution in [3.8, 4) is 6.07 Å². The first kappa shape index (κ1) is 13.6. The molecule has 0 spiro atoms. The van der Waals surface area contributed by atoms with Gasteiger partial charge in [0.15, 0.2) is 0 Å². The predicted molar refractivity (Wildman–Crippen MR) is 65.5 cm³/mol. The molecule has 0 aliphatic carbocycles. The first-order valence-electron chi connectivity index (χ1n) is 5.16. The molecule has 1 unspecified atom stereocenters. The van der Waals surface area contributed by atoms with Crippen molar-refractivity contribution in [1.82, 2.24) is 5.32 Å². The second kappa shape index (κ2) is 5.77. The van der Waals surface area contributed by atoms with Crippen LogP contribution in [0.5, 0.6) is 0 Å². The van der Waals surface area contributed by atoms with E-state index in [0.717, 1.165) is 5.56 Å². The lowest BCUT2D eigenvalue weighted by Gasteiger charge is -2.13. The number of rotatable bonds is 5. The van der Waals surface area contributed by atoms with Crippen LogP contribution < -0.4 is 10.5 Å². The van der Waals surface area contributed by atoms with Crippen LogP contribution in [0.1, 0.15) is 24.1 Å². The molecule has 0 radical (unpaired) electrons. The molecule has 0 aliphatic rings. The molecule has 0 saturated carbocycles. The summed E-state index contributed by atoms with van der Waals surface area (Å²) in [5, 5.41) is 16.6. The summed E-state index contributed by atoms with van der Waals surface area (Å²) in [5.41, 5.74) is 1.60. The monoisotopic (exact) mass is 253 g/mol. The molecule has 1 aromatic carbocycles. The molecule has 1 rings (SSSR count). The van der Waals surface area contributed by atoms with Gasteiger partial charge in [0.1, 0.15) is 0 Å². The number of nitrogens with one attached hydrogen (secondary N) is 1. The molecular weight excluding hydrogens is 238 g/mol. The number of primary sulfonamides is 1. The van der Waals surface area contributed by atoms with Gasteiger partial charge in [-0.3, -0.25) is 0 Å². The number of nitriles is 1. The van der Waals surface area contributed by atoms with Crippen LogP contribution in [0, 0.1) is 11.3 Å². The van der Waals surface area contributed by atoms with E-state index in [0.29, 0.717) is 12.1 Å². The second-order valence-corrected chi connectivity index (χ2v) is 5.51. The van der Waals surface area contributed by atoms with Crippen molar-refractivity contribution in [2.75, 3.05) is 12.3 Å². The van der Waals surface area contributed by atoms with Crippen LogP contribution in [-0.4, -0.2) is 20.7 Å². The van der Waals surface area contributed by atoms with Gasteiger partial charge in [-0.05, 0) is 24.6 Å². The SMILES string of the molecule is CC(NCCS(N)(=O)=O)c1ccc(C#N)cc1. The maximum absolute atomic E-state index is 10.7. The van der Waals surface area contributed by atoms with Gasteiger partial charge in [-0.1, -0.05) is 12.1 Å². The van der Waals surface area contributed by atoms with Gasteiger partial charge in [-0.2, -0.15) is 5.26 Å². The van der Waals surface area contributed by atoms with Crippen molar-refractivity contribution in [1.29, 1.82) is 5.26 Å². The van der Waals surface area contributed by atoms with Crippen LogP contribution in [0.25, 0.3) is 0 Å². The zero-order chi connectivity index (χ0) is 12.9. The molecule has 17 heavy (non-hydrogen) atoms. The summed E-state index contributed by atoms with van der Waals surface area (Å²) < 4.78 is 21.5. The molecule has 1 atom stereocenters. The molecule has 5 nitrogen and oxygen atoms in total. The summed E-state index contributed by atoms with van der Waals surface area (Å²) in [7, 11) is -3.42. The van der Waals surface area contributed by atoms with Crippen molar-refractivity contribution in [2.24, 2.45) is 5.14 Å². The molecular formula is C11H15N3O2S. The van der Waals surface area contributed by atoms with E-state index in [1.165, 1.54) is 0 Å². The topological polar surface area (TPSA) is 96.0 Å². The lowest BCUT2D eigenvalue weighted by atomic mass is 10.1. The highest BCUT2D eigenvalue weighted by atomic mass is 32.2. The Labute approximate surface area is 101 Å². The fraction of sp³-hybridized carbons (Fsp3) is 0.364. The number of hydrogen-bond acceptors (Lipinski definition) is 4. The number of hydrogen-bond donors (Lipinski definition) is 2. The average Bonchev–Trinajstić information content (AvgIpc) is 2.27. The van der Waals surface area contributed by atoms with E-state index in [1.54, 1.807) is 12.1 Å². The molecule has 0 saturated heterocycles. The standard InChI is InChI=1S/C11H15N3O2S/c1-9(14-6-7-17(13,15)16)11-4-2-10(8-12)3-5-11/h2-5,9,14H,6-7H2,1H3,(H2,13,15,16). The molecule has 6 heteroatoms. The number of nitrogens with zero attached hydrogens (tertiary/aromatic N) is 1. The first-order chi connectivity index (χ1) is 7.92. The minimum Gasteiger partial charge on any atom is -0.309 e. The van der Waals surface area contributed by atoms with Crippen LogP contribution in [-0.2, 0) is 10.0 Å². The summed E-state index contributed by atoms with van der Waals surface area (Å²) in [4.78, 5) is 0. The van der Waals surface area contributed by atoms with Crippen molar-refractivity contribution in [3.63, 3.8) is 0 Å². The second-order valence-electron chi connectivity index (χ2n) is 3.78. The third kappa shape index (κ3) is 4.95. The van der Waals surface area contributed by atoms with Crippen LogP contribution in [0.15, 0.2) is 24.3 Å². The maximum Gasteiger partial charge on any atom is 0.210 e. The van der Waals surface area contributed by atoms with E-state index >= 15 is 0 Å². The summed E-state index contributed by atoms with van der Waals surface area (Å²) in [6.07, 6.45) is 0. The van der Waals surface area contributed by atoms with E-state index in [4.69, 9.17) is 10.4 Å². The molecule has 0 aromatic heterocycles. The van der Waals surface area contributed by atoms with Gasteiger partial charge < -0.3 is 5.32 Å². The van der Waals surface area contributed by atoms with Crippen LogP contribution in [0.4, 0.5) is 0 Å². The lowest BCUT2D eigenvalue weighted by Crippen LogP contribution is -2.28. The summed E-state index contributed by atoms with van der Waals surface area (Å²) in [6, 6.07) is 9.20. The van der Waals surface area contributed by atoms with Gasteiger partial charge in [0, 0.05) is 12.6 Å². The van der Waals surface area contributed by atoms with Gasteiger partial charge in [0.05, 0.1) is 17.4 Å². The van der Waals surface area contributed by atoms with E-state index in [2.05, 4.69) is 5.32 Å². The van der Waals surface area contributed by atoms with Crippen LogP contribution in [0.3, 0.4) is 0 Å². The molecule has 0 amide bonds. The Bertz CT molecular complexity index is 503. The van der Waals surface area contributed by atoms with Gasteiger partial charge in [-0.25, -0.2) is 13.6 Å². The molecule has 1 aromatic rings. The van der Waals surface area contributed by atoms with Crippen LogP contribution >= 0.6 is 0 Å². The van der Waals surface area contributed by atoms with Crippen LogP contribution in [0.2, 0.25) is 0 Å². The smallest absolute Gasteiger partial charge is 0.210 e. The Hall–Kier alpha value is -1.42. The summed E-state index contributed by atoms with van der Waals surface area (Å²) >= 11 is 0. The molecule has 92 valence electrons. The largest absolute Gasteiger partial charge is 0.309 e. The highest BCUT2D eigenvalue weighted by molar-refractivity contribution is 7.89. The molecule has 3 N–H and O–H groups in total. The number of sulfonamides is 1. The Morgan fingerprint density at radius 1 is 1.41 bits per heavy atom. The highest BCUT2D eigenvalue weighted by Gasteiger charge is 2.07. The normalized spacial score (nSPS) is 13.0. The third-order valence-electron chi connectivity index (χ3n) is 2.38. The maximum atomic E-state index is 10.7. The van der Waals surface area contributed by atoms with Crippen molar-refractivity contribution >= 4 is 10.0 Å².